The number of nitrogens with zero attached hydrogens (tertiary/aromatic N) is 1. The molecule has 1 atom stereocenters. The molecule has 4 heteroatoms. The summed E-state index contributed by atoms with van der Waals surface area (Å²) >= 11 is 0. The highest BCUT2D eigenvalue weighted by Crippen LogP contribution is 2.14. The van der Waals surface area contributed by atoms with Gasteiger partial charge in [0.1, 0.15) is 0 Å². The Labute approximate surface area is 131 Å². The Morgan fingerprint density at radius 3 is 2.50 bits per heavy atom. The third kappa shape index (κ3) is 4.74. The van der Waals surface area contributed by atoms with E-state index < -0.39 is 0 Å². The molecular weight excluding hydrogens is 276 g/mol. The van der Waals surface area contributed by atoms with Gasteiger partial charge in [-0.05, 0) is 36.1 Å². The third-order valence-electron chi connectivity index (χ3n) is 3.79. The van der Waals surface area contributed by atoms with Crippen molar-refractivity contribution in [1.29, 1.82) is 0 Å². The molecule has 0 bridgehead atoms. The number of aromatic nitrogens is 1. The number of amides is 1. The van der Waals surface area contributed by atoms with Gasteiger partial charge in [0.25, 0.3) is 0 Å². The molecule has 1 aromatic carbocycles. The van der Waals surface area contributed by atoms with Crippen molar-refractivity contribution < 1.29 is 9.90 Å². The van der Waals surface area contributed by atoms with Crippen molar-refractivity contribution in [1.82, 2.24) is 9.88 Å². The summed E-state index contributed by atoms with van der Waals surface area (Å²) in [6, 6.07) is 11.6. The molecule has 0 saturated heterocycles. The summed E-state index contributed by atoms with van der Waals surface area (Å²) in [5.41, 5.74) is 2.19. The van der Waals surface area contributed by atoms with Gasteiger partial charge in [-0.1, -0.05) is 31.2 Å². The Kier molecular flexibility index (Phi) is 6.22. The van der Waals surface area contributed by atoms with Crippen LogP contribution in [-0.2, 0) is 17.8 Å². The van der Waals surface area contributed by atoms with E-state index in [9.17, 15) is 9.90 Å². The molecule has 1 unspecified atom stereocenters. The molecule has 0 aliphatic rings. The van der Waals surface area contributed by atoms with E-state index >= 15 is 0 Å². The summed E-state index contributed by atoms with van der Waals surface area (Å²) < 4.78 is 2.06. The number of hydrogen-bond donors (Lipinski definition) is 2. The lowest BCUT2D eigenvalue weighted by atomic mass is 10.0. The number of aryl methyl sites for hydroxylation is 2. The fraction of sp³-hybridized carbons (Fsp3) is 0.389. The van der Waals surface area contributed by atoms with Crippen LogP contribution < -0.4 is 5.32 Å². The van der Waals surface area contributed by atoms with Crippen LogP contribution in [0.1, 0.15) is 36.9 Å². The first-order valence-electron chi connectivity index (χ1n) is 7.82. The molecule has 1 amide bonds. The van der Waals surface area contributed by atoms with Crippen LogP contribution in [0.25, 0.3) is 0 Å². The number of nitrogens with one attached hydrogen (secondary N) is 1. The van der Waals surface area contributed by atoms with Crippen LogP contribution in [-0.4, -0.2) is 22.2 Å². The van der Waals surface area contributed by atoms with E-state index in [1.807, 2.05) is 48.8 Å². The minimum absolute atomic E-state index is 0.0224. The predicted octanol–water partition coefficient (Wildman–Crippen LogP) is 2.68. The zero-order chi connectivity index (χ0) is 15.8. The Morgan fingerprint density at radius 1 is 1.23 bits per heavy atom. The third-order valence-corrected chi connectivity index (χ3v) is 3.79. The molecule has 0 aliphatic carbocycles. The van der Waals surface area contributed by atoms with Crippen LogP contribution in [0.15, 0.2) is 48.8 Å². The zero-order valence-electron chi connectivity index (χ0n) is 13.0. The van der Waals surface area contributed by atoms with E-state index in [0.717, 1.165) is 24.9 Å². The standard InChI is InChI=1S/C18H24N2O2/c1-2-15-7-9-16(10-8-15)17(14-21)19-18(22)6-5-13-20-11-3-4-12-20/h3-4,7-12,17,21H,2,5-6,13-14H2,1H3,(H,19,22). The van der Waals surface area contributed by atoms with E-state index in [-0.39, 0.29) is 18.6 Å². The normalized spacial score (nSPS) is 12.1. The molecule has 1 aromatic heterocycles. The molecular formula is C18H24N2O2. The van der Waals surface area contributed by atoms with E-state index in [2.05, 4.69) is 16.8 Å². The number of carbonyl (C=O) groups is 1. The fourth-order valence-electron chi connectivity index (χ4n) is 2.43. The van der Waals surface area contributed by atoms with Crippen LogP contribution in [0.3, 0.4) is 0 Å². The lowest BCUT2D eigenvalue weighted by Gasteiger charge is -2.17. The largest absolute Gasteiger partial charge is 0.394 e. The van der Waals surface area contributed by atoms with Gasteiger partial charge in [-0.3, -0.25) is 4.79 Å². The van der Waals surface area contributed by atoms with Crippen molar-refractivity contribution in [2.45, 2.75) is 38.8 Å². The summed E-state index contributed by atoms with van der Waals surface area (Å²) in [5, 5.41) is 12.4. The summed E-state index contributed by atoms with van der Waals surface area (Å²) in [6.07, 6.45) is 6.21. The molecule has 0 fully saturated rings. The van der Waals surface area contributed by atoms with E-state index in [4.69, 9.17) is 0 Å². The fourth-order valence-corrected chi connectivity index (χ4v) is 2.43. The maximum atomic E-state index is 12.0. The molecule has 0 spiro atoms. The summed E-state index contributed by atoms with van der Waals surface area (Å²) in [5.74, 6) is -0.0224. The summed E-state index contributed by atoms with van der Waals surface area (Å²) in [7, 11) is 0. The van der Waals surface area contributed by atoms with Crippen molar-refractivity contribution >= 4 is 5.91 Å². The van der Waals surface area contributed by atoms with Gasteiger partial charge in [-0.25, -0.2) is 0 Å². The first kappa shape index (κ1) is 16.3. The van der Waals surface area contributed by atoms with E-state index in [1.54, 1.807) is 0 Å². The SMILES string of the molecule is CCc1ccc(C(CO)NC(=O)CCCn2cccc2)cc1. The molecule has 1 heterocycles. The van der Waals surface area contributed by atoms with Crippen molar-refractivity contribution in [3.8, 4) is 0 Å². The summed E-state index contributed by atoms with van der Waals surface area (Å²) in [6.45, 7) is 2.84. The minimum Gasteiger partial charge on any atom is -0.394 e. The monoisotopic (exact) mass is 300 g/mol. The van der Waals surface area contributed by atoms with Crippen LogP contribution >= 0.6 is 0 Å². The molecule has 0 radical (unpaired) electrons. The second-order valence-electron chi connectivity index (χ2n) is 5.42. The topological polar surface area (TPSA) is 54.3 Å². The number of rotatable bonds is 8. The van der Waals surface area contributed by atoms with Gasteiger partial charge < -0.3 is 15.0 Å². The van der Waals surface area contributed by atoms with Crippen molar-refractivity contribution in [3.05, 3.63) is 59.9 Å². The smallest absolute Gasteiger partial charge is 0.220 e. The van der Waals surface area contributed by atoms with Crippen molar-refractivity contribution in [2.24, 2.45) is 0 Å². The molecule has 118 valence electrons. The van der Waals surface area contributed by atoms with E-state index in [1.165, 1.54) is 5.56 Å². The van der Waals surface area contributed by atoms with Gasteiger partial charge in [-0.15, -0.1) is 0 Å². The maximum absolute atomic E-state index is 12.0. The van der Waals surface area contributed by atoms with Gasteiger partial charge in [0.05, 0.1) is 12.6 Å². The second-order valence-corrected chi connectivity index (χ2v) is 5.42. The van der Waals surface area contributed by atoms with Crippen molar-refractivity contribution in [3.63, 3.8) is 0 Å². The Balaban J connectivity index is 1.81. The lowest BCUT2D eigenvalue weighted by molar-refractivity contribution is -0.122. The molecule has 2 rings (SSSR count). The lowest BCUT2D eigenvalue weighted by Crippen LogP contribution is -2.30. The van der Waals surface area contributed by atoms with Crippen LogP contribution in [0.2, 0.25) is 0 Å². The zero-order valence-corrected chi connectivity index (χ0v) is 13.0. The Hall–Kier alpha value is -2.07. The van der Waals surface area contributed by atoms with Gasteiger partial charge in [-0.2, -0.15) is 0 Å². The predicted molar refractivity (Wildman–Crippen MR) is 87.5 cm³/mol. The number of aliphatic hydroxyl groups is 1. The van der Waals surface area contributed by atoms with Gasteiger partial charge in [0.15, 0.2) is 0 Å². The van der Waals surface area contributed by atoms with Crippen molar-refractivity contribution in [2.75, 3.05) is 6.61 Å². The quantitative estimate of drug-likeness (QED) is 0.787. The number of hydrogen-bond acceptors (Lipinski definition) is 2. The van der Waals surface area contributed by atoms with Crippen LogP contribution in [0.4, 0.5) is 0 Å². The molecule has 2 N–H and O–H groups in total. The van der Waals surface area contributed by atoms with Gasteiger partial charge in [0.2, 0.25) is 5.91 Å². The average Bonchev–Trinajstić information content (AvgIpc) is 3.06. The summed E-state index contributed by atoms with van der Waals surface area (Å²) in [4.78, 5) is 12.0. The van der Waals surface area contributed by atoms with Crippen LogP contribution in [0.5, 0.6) is 0 Å². The first-order valence-corrected chi connectivity index (χ1v) is 7.82. The van der Waals surface area contributed by atoms with Gasteiger partial charge >= 0.3 is 0 Å². The highest BCUT2D eigenvalue weighted by molar-refractivity contribution is 5.76. The highest BCUT2D eigenvalue weighted by Gasteiger charge is 2.13. The second kappa shape index (κ2) is 8.39. The maximum Gasteiger partial charge on any atom is 0.220 e. The Bertz CT molecular complexity index is 561. The van der Waals surface area contributed by atoms with Crippen LogP contribution in [0, 0.1) is 0 Å². The number of aliphatic hydroxyl groups excluding tert-OH is 1. The minimum atomic E-state index is -0.329. The number of benzene rings is 1. The molecule has 2 aromatic rings. The molecule has 0 saturated carbocycles. The molecule has 22 heavy (non-hydrogen) atoms. The first-order chi connectivity index (χ1) is 10.7. The van der Waals surface area contributed by atoms with E-state index in [0.29, 0.717) is 6.42 Å². The molecule has 0 aliphatic heterocycles. The molecule has 4 nitrogen and oxygen atoms in total. The highest BCUT2D eigenvalue weighted by atomic mass is 16.3. The average molecular weight is 300 g/mol. The Morgan fingerprint density at radius 2 is 1.91 bits per heavy atom. The van der Waals surface area contributed by atoms with Gasteiger partial charge in [0, 0.05) is 25.4 Å². The number of carbonyl (C=O) groups excluding carboxylic acids is 1.